The third-order valence-electron chi connectivity index (χ3n) is 2.90. The van der Waals surface area contributed by atoms with Crippen LogP contribution in [0, 0.1) is 11.3 Å². The van der Waals surface area contributed by atoms with Crippen molar-refractivity contribution in [2.45, 2.75) is 13.0 Å². The summed E-state index contributed by atoms with van der Waals surface area (Å²) in [5.41, 5.74) is 2.20. The van der Waals surface area contributed by atoms with E-state index in [1.807, 2.05) is 0 Å². The highest BCUT2D eigenvalue weighted by atomic mass is 16.6. The second-order valence-electron chi connectivity index (χ2n) is 4.06. The highest BCUT2D eigenvalue weighted by Gasteiger charge is 2.30. The molecule has 1 aromatic carbocycles. The van der Waals surface area contributed by atoms with Crippen molar-refractivity contribution in [2.75, 3.05) is 25.2 Å². The predicted molar refractivity (Wildman–Crippen MR) is 65.3 cm³/mol. The molecule has 1 aliphatic rings. The van der Waals surface area contributed by atoms with Gasteiger partial charge in [-0.3, -0.25) is 4.90 Å². The number of carbonyl (C=O) groups is 1. The third kappa shape index (κ3) is 2.15. The molecule has 1 atom stereocenters. The van der Waals surface area contributed by atoms with Crippen molar-refractivity contribution >= 4 is 11.8 Å². The highest BCUT2D eigenvalue weighted by Crippen LogP contribution is 2.34. The topological polar surface area (TPSA) is 62.6 Å². The number of hydrogen-bond donors (Lipinski definition) is 0. The summed E-state index contributed by atoms with van der Waals surface area (Å²) in [7, 11) is 1.58. The van der Waals surface area contributed by atoms with Gasteiger partial charge in [-0.2, -0.15) is 5.26 Å². The van der Waals surface area contributed by atoms with Gasteiger partial charge in [0.05, 0.1) is 30.5 Å². The number of nitriles is 1. The van der Waals surface area contributed by atoms with Crippen molar-refractivity contribution in [2.24, 2.45) is 0 Å². The number of benzene rings is 1. The minimum absolute atomic E-state index is 0.334. The maximum atomic E-state index is 11.8. The molecule has 0 spiro atoms. The van der Waals surface area contributed by atoms with Gasteiger partial charge in [0.25, 0.3) is 0 Å². The van der Waals surface area contributed by atoms with Crippen molar-refractivity contribution < 1.29 is 14.3 Å². The Labute approximate surface area is 106 Å². The first kappa shape index (κ1) is 12.4. The number of anilines is 1. The number of fused-ring (bicyclic) bond motifs is 1. The Hall–Kier alpha value is -2.06. The molecular weight excluding hydrogens is 232 g/mol. The van der Waals surface area contributed by atoms with Gasteiger partial charge in [-0.1, -0.05) is 0 Å². The van der Waals surface area contributed by atoms with E-state index in [2.05, 4.69) is 6.07 Å². The quantitative estimate of drug-likeness (QED) is 0.820. The molecule has 1 unspecified atom stereocenters. The number of cyclic esters (lactones) is 1. The van der Waals surface area contributed by atoms with E-state index in [0.29, 0.717) is 18.7 Å². The Kier molecular flexibility index (Phi) is 3.49. The van der Waals surface area contributed by atoms with Gasteiger partial charge in [-0.05, 0) is 25.1 Å². The van der Waals surface area contributed by atoms with Gasteiger partial charge in [0.15, 0.2) is 0 Å². The SMILES string of the molecule is COCCN1C(=O)OC(C)c2cc(C#N)ccc21. The summed E-state index contributed by atoms with van der Waals surface area (Å²) in [4.78, 5) is 13.3. The lowest BCUT2D eigenvalue weighted by atomic mass is 10.0. The molecule has 0 aromatic heterocycles. The minimum Gasteiger partial charge on any atom is -0.441 e. The van der Waals surface area contributed by atoms with E-state index in [9.17, 15) is 4.79 Å². The number of carbonyl (C=O) groups excluding carboxylic acids is 1. The fourth-order valence-corrected chi connectivity index (χ4v) is 1.97. The molecule has 0 saturated heterocycles. The van der Waals surface area contributed by atoms with E-state index >= 15 is 0 Å². The molecule has 0 radical (unpaired) electrons. The molecule has 18 heavy (non-hydrogen) atoms. The summed E-state index contributed by atoms with van der Waals surface area (Å²) in [6.07, 6.45) is -0.712. The van der Waals surface area contributed by atoms with Crippen LogP contribution in [0.25, 0.3) is 0 Å². The third-order valence-corrected chi connectivity index (χ3v) is 2.90. The number of amides is 1. The van der Waals surface area contributed by atoms with E-state index in [0.717, 1.165) is 11.3 Å². The largest absolute Gasteiger partial charge is 0.441 e. The normalized spacial score (nSPS) is 17.9. The number of ether oxygens (including phenoxy) is 2. The van der Waals surface area contributed by atoms with Gasteiger partial charge in [-0.25, -0.2) is 4.79 Å². The molecule has 0 N–H and O–H groups in total. The Morgan fingerprint density at radius 2 is 2.33 bits per heavy atom. The molecule has 94 valence electrons. The maximum absolute atomic E-state index is 11.8. The fraction of sp³-hybridized carbons (Fsp3) is 0.385. The van der Waals surface area contributed by atoms with Gasteiger partial charge in [0.2, 0.25) is 0 Å². The lowest BCUT2D eigenvalue weighted by molar-refractivity contribution is 0.105. The molecule has 0 saturated carbocycles. The molecule has 0 bridgehead atoms. The van der Waals surface area contributed by atoms with Crippen LogP contribution in [0.5, 0.6) is 0 Å². The molecule has 1 heterocycles. The van der Waals surface area contributed by atoms with E-state index in [1.165, 1.54) is 4.90 Å². The smallest absolute Gasteiger partial charge is 0.414 e. The Morgan fingerprint density at radius 3 is 3.00 bits per heavy atom. The van der Waals surface area contributed by atoms with E-state index in [4.69, 9.17) is 14.7 Å². The Bertz CT molecular complexity index is 507. The van der Waals surface area contributed by atoms with Gasteiger partial charge in [-0.15, -0.1) is 0 Å². The van der Waals surface area contributed by atoms with Gasteiger partial charge < -0.3 is 9.47 Å². The van der Waals surface area contributed by atoms with E-state index in [1.54, 1.807) is 32.2 Å². The average Bonchev–Trinajstić information content (AvgIpc) is 2.38. The zero-order valence-electron chi connectivity index (χ0n) is 10.3. The molecule has 1 aromatic rings. The van der Waals surface area contributed by atoms with Gasteiger partial charge >= 0.3 is 6.09 Å². The molecule has 1 amide bonds. The van der Waals surface area contributed by atoms with E-state index < -0.39 is 0 Å². The summed E-state index contributed by atoms with van der Waals surface area (Å²) in [6, 6.07) is 7.32. The lowest BCUT2D eigenvalue weighted by Crippen LogP contribution is -2.39. The van der Waals surface area contributed by atoms with Crippen molar-refractivity contribution in [1.29, 1.82) is 5.26 Å². The molecule has 5 nitrogen and oxygen atoms in total. The van der Waals surface area contributed by atoms with Crippen molar-refractivity contribution in [3.8, 4) is 6.07 Å². The van der Waals surface area contributed by atoms with Gasteiger partial charge in [0.1, 0.15) is 6.10 Å². The van der Waals surface area contributed by atoms with Crippen molar-refractivity contribution in [3.05, 3.63) is 29.3 Å². The summed E-state index contributed by atoms with van der Waals surface area (Å²) in [5, 5.41) is 8.89. The number of nitrogens with zero attached hydrogens (tertiary/aromatic N) is 2. The average molecular weight is 246 g/mol. The minimum atomic E-state index is -0.378. The summed E-state index contributed by atoms with van der Waals surface area (Å²) < 4.78 is 10.2. The number of methoxy groups -OCH3 is 1. The molecule has 2 rings (SSSR count). The van der Waals surface area contributed by atoms with Crippen molar-refractivity contribution in [3.63, 3.8) is 0 Å². The highest BCUT2D eigenvalue weighted by molar-refractivity contribution is 5.91. The monoisotopic (exact) mass is 246 g/mol. The summed E-state index contributed by atoms with van der Waals surface area (Å²) >= 11 is 0. The maximum Gasteiger partial charge on any atom is 0.414 e. The first-order chi connectivity index (χ1) is 8.67. The first-order valence-electron chi connectivity index (χ1n) is 5.68. The van der Waals surface area contributed by atoms with Gasteiger partial charge in [0, 0.05) is 12.7 Å². The lowest BCUT2D eigenvalue weighted by Gasteiger charge is -2.32. The van der Waals surface area contributed by atoms with Crippen LogP contribution in [-0.2, 0) is 9.47 Å². The zero-order valence-corrected chi connectivity index (χ0v) is 10.3. The zero-order chi connectivity index (χ0) is 13.1. The van der Waals surface area contributed by atoms with Crippen LogP contribution in [0.4, 0.5) is 10.5 Å². The first-order valence-corrected chi connectivity index (χ1v) is 5.68. The van der Waals surface area contributed by atoms with Crippen LogP contribution in [0.15, 0.2) is 18.2 Å². The summed E-state index contributed by atoms with van der Waals surface area (Å²) in [5.74, 6) is 0. The van der Waals surface area contributed by atoms with Crippen molar-refractivity contribution in [1.82, 2.24) is 0 Å². The number of hydrogen-bond acceptors (Lipinski definition) is 4. The van der Waals surface area contributed by atoms with Crippen LogP contribution < -0.4 is 4.90 Å². The molecule has 0 aliphatic carbocycles. The van der Waals surface area contributed by atoms with Crippen LogP contribution in [0.1, 0.15) is 24.2 Å². The van der Waals surface area contributed by atoms with Crippen LogP contribution in [0.2, 0.25) is 0 Å². The predicted octanol–water partition coefficient (Wildman–Crippen LogP) is 2.22. The standard InChI is InChI=1S/C13H14N2O3/c1-9-11-7-10(8-14)3-4-12(11)15(5-6-17-2)13(16)18-9/h3-4,7,9H,5-6H2,1-2H3. The molecular formula is C13H14N2O3. The number of rotatable bonds is 3. The Balaban J connectivity index is 2.39. The van der Waals surface area contributed by atoms with Crippen LogP contribution >= 0.6 is 0 Å². The molecule has 5 heteroatoms. The molecule has 0 fully saturated rings. The fourth-order valence-electron chi connectivity index (χ4n) is 1.97. The molecule has 1 aliphatic heterocycles. The van der Waals surface area contributed by atoms with Crippen LogP contribution in [-0.4, -0.2) is 26.4 Å². The van der Waals surface area contributed by atoms with Crippen LogP contribution in [0.3, 0.4) is 0 Å². The second-order valence-corrected chi connectivity index (χ2v) is 4.06. The van der Waals surface area contributed by atoms with E-state index in [-0.39, 0.29) is 12.2 Å². The summed E-state index contributed by atoms with van der Waals surface area (Å²) in [6.45, 7) is 2.66. The Morgan fingerprint density at radius 1 is 1.56 bits per heavy atom. The second kappa shape index (κ2) is 5.07.